The molecule has 0 aromatic carbocycles. The van der Waals surface area contributed by atoms with Gasteiger partial charge in [0.15, 0.2) is 11.1 Å². The van der Waals surface area contributed by atoms with E-state index in [1.807, 2.05) is 11.6 Å². The Hall–Kier alpha value is -1.63. The summed E-state index contributed by atoms with van der Waals surface area (Å²) in [7, 11) is 3.56. The smallest absolute Gasteiger partial charge is 0.407 e. The van der Waals surface area contributed by atoms with Gasteiger partial charge in [0.1, 0.15) is 0 Å². The number of aldehydes is 1. The third-order valence-electron chi connectivity index (χ3n) is 3.81. The molecule has 6 nitrogen and oxygen atoms in total. The molecule has 20 heavy (non-hydrogen) atoms. The number of carboxylic acid groups (broad SMARTS) is 1. The number of carbonyl (C=O) groups is 2. The van der Waals surface area contributed by atoms with Crippen LogP contribution < -0.4 is 4.80 Å². The van der Waals surface area contributed by atoms with Gasteiger partial charge in [0, 0.05) is 32.1 Å². The summed E-state index contributed by atoms with van der Waals surface area (Å²) < 4.78 is 1.82. The molecule has 2 rings (SSSR count). The maximum absolute atomic E-state index is 11.2. The summed E-state index contributed by atoms with van der Waals surface area (Å²) in [6.07, 6.45) is 2.57. The number of thiazole rings is 1. The zero-order valence-electron chi connectivity index (χ0n) is 11.7. The van der Waals surface area contributed by atoms with Crippen molar-refractivity contribution in [2.75, 3.05) is 20.1 Å². The second-order valence-corrected chi connectivity index (χ2v) is 6.07. The third-order valence-corrected chi connectivity index (χ3v) is 5.07. The van der Waals surface area contributed by atoms with Crippen molar-refractivity contribution >= 4 is 23.7 Å². The average Bonchev–Trinajstić information content (AvgIpc) is 2.74. The number of nitrogens with zero attached hydrogens (tertiary/aromatic N) is 3. The minimum atomic E-state index is -0.841. The van der Waals surface area contributed by atoms with E-state index < -0.39 is 6.09 Å². The summed E-state index contributed by atoms with van der Waals surface area (Å²) in [6.45, 7) is 1.16. The van der Waals surface area contributed by atoms with E-state index in [4.69, 9.17) is 5.11 Å². The van der Waals surface area contributed by atoms with Crippen LogP contribution in [0.3, 0.4) is 0 Å². The number of hydrogen-bond donors (Lipinski definition) is 1. The van der Waals surface area contributed by atoms with Crippen LogP contribution in [-0.4, -0.2) is 47.1 Å². The fourth-order valence-corrected chi connectivity index (χ4v) is 3.75. The van der Waals surface area contributed by atoms with E-state index in [1.54, 1.807) is 18.4 Å². The van der Waals surface area contributed by atoms with Crippen molar-refractivity contribution in [2.45, 2.75) is 19.3 Å². The fourth-order valence-electron chi connectivity index (χ4n) is 2.60. The number of hydrogen-bond acceptors (Lipinski definition) is 4. The molecular formula is C13H19N3O3S. The topological polar surface area (TPSA) is 74.9 Å². The Morgan fingerprint density at radius 1 is 1.50 bits per heavy atom. The predicted octanol–water partition coefficient (Wildman–Crippen LogP) is 1.36. The minimum absolute atomic E-state index is 0.438. The number of rotatable bonds is 3. The summed E-state index contributed by atoms with van der Waals surface area (Å²) in [5.74, 6) is 0.438. The monoisotopic (exact) mass is 297 g/mol. The van der Waals surface area contributed by atoms with Gasteiger partial charge in [-0.05, 0) is 25.2 Å². The standard InChI is InChI=1S/C13H19N3O3S/c1-14-12-15(2)10(8-17)11(20-12)7-9-3-5-16(6-4-9)13(18)19/h8-9H,3-7H2,1-2H3,(H,18,19)/b14-12+. The van der Waals surface area contributed by atoms with Crippen LogP contribution in [0.5, 0.6) is 0 Å². The molecule has 1 fully saturated rings. The van der Waals surface area contributed by atoms with Crippen LogP contribution in [0.4, 0.5) is 4.79 Å². The zero-order valence-corrected chi connectivity index (χ0v) is 12.5. The molecule has 7 heteroatoms. The quantitative estimate of drug-likeness (QED) is 0.856. The molecule has 1 aromatic rings. The lowest BCUT2D eigenvalue weighted by Gasteiger charge is -2.29. The molecule has 0 spiro atoms. The average molecular weight is 297 g/mol. The van der Waals surface area contributed by atoms with Crippen molar-refractivity contribution in [1.29, 1.82) is 0 Å². The Labute approximate surface area is 121 Å². The SMILES string of the molecule is C/N=c1/sc(CC2CCN(C(=O)O)CC2)c(C=O)n1C. The number of carbonyl (C=O) groups excluding carboxylic acids is 1. The molecule has 0 radical (unpaired) electrons. The van der Waals surface area contributed by atoms with Crippen LogP contribution in [-0.2, 0) is 13.5 Å². The van der Waals surface area contributed by atoms with Gasteiger partial charge in [0.2, 0.25) is 0 Å². The Kier molecular flexibility index (Phi) is 4.59. The Balaban J connectivity index is 2.08. The second-order valence-electron chi connectivity index (χ2n) is 5.01. The number of piperidine rings is 1. The molecule has 0 atom stereocenters. The Bertz CT molecular complexity index is 568. The summed E-state index contributed by atoms with van der Waals surface area (Å²) in [5, 5.41) is 8.93. The van der Waals surface area contributed by atoms with Crippen molar-refractivity contribution in [1.82, 2.24) is 9.47 Å². The first-order valence-electron chi connectivity index (χ1n) is 6.61. The van der Waals surface area contributed by atoms with Crippen molar-refractivity contribution in [3.8, 4) is 0 Å². The molecule has 0 unspecified atom stereocenters. The Morgan fingerprint density at radius 3 is 2.65 bits per heavy atom. The second kappa shape index (κ2) is 6.21. The third kappa shape index (κ3) is 2.92. The first kappa shape index (κ1) is 14.8. The lowest BCUT2D eigenvalue weighted by molar-refractivity contribution is 0.111. The fraction of sp³-hybridized carbons (Fsp3) is 0.615. The van der Waals surface area contributed by atoms with E-state index in [9.17, 15) is 9.59 Å². The van der Waals surface area contributed by atoms with Crippen molar-refractivity contribution < 1.29 is 14.7 Å². The maximum Gasteiger partial charge on any atom is 0.407 e. The molecule has 1 aliphatic heterocycles. The first-order chi connectivity index (χ1) is 9.56. The first-order valence-corrected chi connectivity index (χ1v) is 7.43. The van der Waals surface area contributed by atoms with Crippen LogP contribution in [0.15, 0.2) is 4.99 Å². The van der Waals surface area contributed by atoms with Crippen LogP contribution in [0.25, 0.3) is 0 Å². The zero-order chi connectivity index (χ0) is 14.7. The number of likely N-dealkylation sites (tertiary alicyclic amines) is 1. The molecule has 0 aliphatic carbocycles. The van der Waals surface area contributed by atoms with Crippen LogP contribution in [0, 0.1) is 5.92 Å². The molecule has 0 saturated carbocycles. The highest BCUT2D eigenvalue weighted by molar-refractivity contribution is 7.09. The summed E-state index contributed by atoms with van der Waals surface area (Å²) in [5.41, 5.74) is 0.691. The molecule has 2 heterocycles. The van der Waals surface area contributed by atoms with E-state index in [1.165, 1.54) is 4.90 Å². The Morgan fingerprint density at radius 2 is 2.15 bits per heavy atom. The lowest BCUT2D eigenvalue weighted by atomic mass is 9.93. The largest absolute Gasteiger partial charge is 0.465 e. The molecule has 110 valence electrons. The van der Waals surface area contributed by atoms with Gasteiger partial charge in [-0.3, -0.25) is 9.79 Å². The van der Waals surface area contributed by atoms with Gasteiger partial charge >= 0.3 is 6.09 Å². The van der Waals surface area contributed by atoms with Crippen molar-refractivity contribution in [2.24, 2.45) is 18.0 Å². The molecule has 0 bridgehead atoms. The van der Waals surface area contributed by atoms with Gasteiger partial charge in [-0.25, -0.2) is 4.79 Å². The molecule has 1 saturated heterocycles. The predicted molar refractivity (Wildman–Crippen MR) is 76.2 cm³/mol. The molecular weight excluding hydrogens is 278 g/mol. The van der Waals surface area contributed by atoms with E-state index in [2.05, 4.69) is 4.99 Å². The van der Waals surface area contributed by atoms with Gasteiger partial charge in [0.05, 0.1) is 5.69 Å². The van der Waals surface area contributed by atoms with Crippen molar-refractivity contribution in [3.05, 3.63) is 15.4 Å². The molecule has 1 aromatic heterocycles. The molecule has 1 amide bonds. The number of amides is 1. The summed E-state index contributed by atoms with van der Waals surface area (Å²) in [4.78, 5) is 29.6. The minimum Gasteiger partial charge on any atom is -0.465 e. The highest BCUT2D eigenvalue weighted by atomic mass is 32.1. The van der Waals surface area contributed by atoms with E-state index in [0.717, 1.165) is 35.2 Å². The lowest BCUT2D eigenvalue weighted by Crippen LogP contribution is -2.37. The summed E-state index contributed by atoms with van der Waals surface area (Å²) in [6, 6.07) is 0. The van der Waals surface area contributed by atoms with Crippen LogP contribution in [0.1, 0.15) is 28.2 Å². The van der Waals surface area contributed by atoms with Crippen LogP contribution >= 0.6 is 11.3 Å². The maximum atomic E-state index is 11.2. The van der Waals surface area contributed by atoms with Gasteiger partial charge < -0.3 is 14.6 Å². The summed E-state index contributed by atoms with van der Waals surface area (Å²) >= 11 is 1.55. The normalized spacial score (nSPS) is 17.5. The van der Waals surface area contributed by atoms with Crippen molar-refractivity contribution in [3.63, 3.8) is 0 Å². The van der Waals surface area contributed by atoms with Gasteiger partial charge in [-0.2, -0.15) is 0 Å². The van der Waals surface area contributed by atoms with Gasteiger partial charge in [-0.1, -0.05) is 0 Å². The molecule has 1 aliphatic rings. The van der Waals surface area contributed by atoms with E-state index >= 15 is 0 Å². The van der Waals surface area contributed by atoms with E-state index in [0.29, 0.717) is 24.7 Å². The van der Waals surface area contributed by atoms with Gasteiger partial charge in [-0.15, -0.1) is 11.3 Å². The van der Waals surface area contributed by atoms with Crippen LogP contribution in [0.2, 0.25) is 0 Å². The highest BCUT2D eigenvalue weighted by Crippen LogP contribution is 2.24. The highest BCUT2D eigenvalue weighted by Gasteiger charge is 2.24. The van der Waals surface area contributed by atoms with Gasteiger partial charge in [0.25, 0.3) is 0 Å². The molecule has 1 N–H and O–H groups in total. The van der Waals surface area contributed by atoms with E-state index in [-0.39, 0.29) is 0 Å². The number of aromatic nitrogens is 1.